The summed E-state index contributed by atoms with van der Waals surface area (Å²) in [5.74, 6) is 0.446. The lowest BCUT2D eigenvalue weighted by Gasteiger charge is -1.99. The van der Waals surface area contributed by atoms with Gasteiger partial charge in [0, 0.05) is 13.3 Å². The molecule has 0 saturated heterocycles. The van der Waals surface area contributed by atoms with Gasteiger partial charge in [-0.05, 0) is 12.0 Å². The van der Waals surface area contributed by atoms with Gasteiger partial charge in [0.15, 0.2) is 5.12 Å². The van der Waals surface area contributed by atoms with Gasteiger partial charge in [0.2, 0.25) is 0 Å². The van der Waals surface area contributed by atoms with Crippen molar-refractivity contribution in [2.75, 3.05) is 5.75 Å². The maximum atomic E-state index is 11.3. The molecule has 0 saturated carbocycles. The quantitative estimate of drug-likeness (QED) is 0.767. The molecule has 3 heteroatoms. The van der Waals surface area contributed by atoms with Crippen LogP contribution >= 0.6 is 11.8 Å². The lowest BCUT2D eigenvalue weighted by molar-refractivity contribution is -0.117. The third kappa shape index (κ3) is 5.37. The van der Waals surface area contributed by atoms with Crippen LogP contribution in [-0.4, -0.2) is 16.7 Å². The first-order valence-electron chi connectivity index (χ1n) is 4.87. The Labute approximate surface area is 94.1 Å². The van der Waals surface area contributed by atoms with Crippen molar-refractivity contribution in [3.8, 4) is 0 Å². The molecule has 0 fully saturated rings. The minimum Gasteiger partial charge on any atom is -0.299 e. The SMILES string of the molecule is CC(=O)SCC(=O)CCc1ccccc1. The molecule has 0 amide bonds. The van der Waals surface area contributed by atoms with Gasteiger partial charge in [0.1, 0.15) is 5.78 Å². The molecular formula is C12H14O2S. The highest BCUT2D eigenvalue weighted by Crippen LogP contribution is 2.06. The fourth-order valence-electron chi connectivity index (χ4n) is 1.18. The van der Waals surface area contributed by atoms with Crippen molar-refractivity contribution in [2.45, 2.75) is 19.8 Å². The Morgan fingerprint density at radius 1 is 1.20 bits per heavy atom. The van der Waals surface area contributed by atoms with Crippen LogP contribution in [0.1, 0.15) is 18.9 Å². The van der Waals surface area contributed by atoms with Gasteiger partial charge in [-0.1, -0.05) is 42.1 Å². The molecule has 0 aliphatic carbocycles. The molecule has 15 heavy (non-hydrogen) atoms. The Morgan fingerprint density at radius 2 is 1.87 bits per heavy atom. The number of benzene rings is 1. The molecule has 0 heterocycles. The van der Waals surface area contributed by atoms with Gasteiger partial charge < -0.3 is 0 Å². The number of ketones is 1. The van der Waals surface area contributed by atoms with Crippen LogP contribution in [0.5, 0.6) is 0 Å². The molecule has 0 atom stereocenters. The van der Waals surface area contributed by atoms with E-state index in [2.05, 4.69) is 0 Å². The molecule has 1 aromatic carbocycles. The monoisotopic (exact) mass is 222 g/mol. The van der Waals surface area contributed by atoms with Crippen molar-refractivity contribution in [1.82, 2.24) is 0 Å². The second-order valence-electron chi connectivity index (χ2n) is 3.30. The molecule has 0 radical (unpaired) electrons. The number of Topliss-reactive ketones (excluding diaryl/α,β-unsaturated/α-hetero) is 1. The lowest BCUT2D eigenvalue weighted by Crippen LogP contribution is -2.04. The predicted octanol–water partition coefficient (Wildman–Crippen LogP) is 2.47. The normalized spacial score (nSPS) is 9.93. The van der Waals surface area contributed by atoms with Crippen LogP contribution in [0.3, 0.4) is 0 Å². The molecule has 0 aliphatic heterocycles. The minimum absolute atomic E-state index is 0.00283. The summed E-state index contributed by atoms with van der Waals surface area (Å²) in [7, 11) is 0. The smallest absolute Gasteiger partial charge is 0.186 e. The Bertz CT molecular complexity index is 333. The Morgan fingerprint density at radius 3 is 2.47 bits per heavy atom. The minimum atomic E-state index is 0.00283. The van der Waals surface area contributed by atoms with Crippen LogP contribution in [0.2, 0.25) is 0 Å². The van der Waals surface area contributed by atoms with E-state index >= 15 is 0 Å². The first-order chi connectivity index (χ1) is 7.18. The van der Waals surface area contributed by atoms with Crippen molar-refractivity contribution in [3.05, 3.63) is 35.9 Å². The first-order valence-corrected chi connectivity index (χ1v) is 5.86. The highest BCUT2D eigenvalue weighted by atomic mass is 32.2. The molecule has 0 N–H and O–H groups in total. The van der Waals surface area contributed by atoms with E-state index in [1.54, 1.807) is 0 Å². The Hall–Kier alpha value is -1.09. The van der Waals surface area contributed by atoms with Gasteiger partial charge in [0.25, 0.3) is 0 Å². The molecule has 0 bridgehead atoms. The van der Waals surface area contributed by atoms with Crippen molar-refractivity contribution < 1.29 is 9.59 Å². The number of aryl methyl sites for hydroxylation is 1. The summed E-state index contributed by atoms with van der Waals surface area (Å²) in [6.45, 7) is 1.48. The van der Waals surface area contributed by atoms with E-state index in [-0.39, 0.29) is 10.9 Å². The maximum Gasteiger partial charge on any atom is 0.186 e. The molecule has 80 valence electrons. The second-order valence-corrected chi connectivity index (χ2v) is 4.46. The molecule has 2 nitrogen and oxygen atoms in total. The van der Waals surface area contributed by atoms with Crippen LogP contribution < -0.4 is 0 Å². The number of carbonyl (C=O) groups is 2. The number of thioether (sulfide) groups is 1. The summed E-state index contributed by atoms with van der Waals surface area (Å²) in [5, 5.41) is 0.00283. The zero-order valence-corrected chi connectivity index (χ0v) is 9.55. The molecule has 0 spiro atoms. The van der Waals surface area contributed by atoms with Crippen LogP contribution in [0, 0.1) is 0 Å². The van der Waals surface area contributed by atoms with Crippen molar-refractivity contribution in [1.29, 1.82) is 0 Å². The van der Waals surface area contributed by atoms with E-state index in [9.17, 15) is 9.59 Å². The van der Waals surface area contributed by atoms with Crippen LogP contribution in [0.25, 0.3) is 0 Å². The summed E-state index contributed by atoms with van der Waals surface area (Å²) in [6.07, 6.45) is 1.28. The fourth-order valence-corrected chi connectivity index (χ4v) is 1.69. The number of carbonyl (C=O) groups excluding carboxylic acids is 2. The van der Waals surface area contributed by atoms with Gasteiger partial charge in [-0.25, -0.2) is 0 Å². The van der Waals surface area contributed by atoms with Gasteiger partial charge >= 0.3 is 0 Å². The van der Waals surface area contributed by atoms with E-state index in [1.165, 1.54) is 12.5 Å². The van der Waals surface area contributed by atoms with Crippen LogP contribution in [0.15, 0.2) is 30.3 Å². The second kappa shape index (κ2) is 6.40. The van der Waals surface area contributed by atoms with E-state index in [0.717, 1.165) is 18.2 Å². The molecule has 0 unspecified atom stereocenters. The van der Waals surface area contributed by atoms with Crippen LogP contribution in [0.4, 0.5) is 0 Å². The summed E-state index contributed by atoms with van der Waals surface area (Å²) in [5.41, 5.74) is 1.17. The first kappa shape index (κ1) is 12.0. The number of hydrogen-bond donors (Lipinski definition) is 0. The number of rotatable bonds is 5. The molecular weight excluding hydrogens is 208 g/mol. The maximum absolute atomic E-state index is 11.3. The average Bonchev–Trinajstić information content (AvgIpc) is 2.25. The molecule has 1 rings (SSSR count). The van der Waals surface area contributed by atoms with E-state index < -0.39 is 0 Å². The summed E-state index contributed by atoms with van der Waals surface area (Å²) >= 11 is 1.09. The largest absolute Gasteiger partial charge is 0.299 e. The number of hydrogen-bond acceptors (Lipinski definition) is 3. The van der Waals surface area contributed by atoms with E-state index in [1.807, 2.05) is 30.3 Å². The zero-order valence-electron chi connectivity index (χ0n) is 8.73. The summed E-state index contributed by atoms with van der Waals surface area (Å²) in [6, 6.07) is 9.89. The molecule has 0 aromatic heterocycles. The van der Waals surface area contributed by atoms with Gasteiger partial charge in [0.05, 0.1) is 5.75 Å². The van der Waals surface area contributed by atoms with Crippen molar-refractivity contribution in [2.24, 2.45) is 0 Å². The third-order valence-corrected chi connectivity index (χ3v) is 2.84. The van der Waals surface area contributed by atoms with Crippen LogP contribution in [-0.2, 0) is 16.0 Å². The van der Waals surface area contributed by atoms with Crippen molar-refractivity contribution in [3.63, 3.8) is 0 Å². The standard InChI is InChI=1S/C12H14O2S/c1-10(13)15-9-12(14)8-7-11-5-3-2-4-6-11/h2-6H,7-9H2,1H3. The molecule has 0 aliphatic rings. The highest BCUT2D eigenvalue weighted by molar-refractivity contribution is 8.14. The summed E-state index contributed by atoms with van der Waals surface area (Å²) < 4.78 is 0. The van der Waals surface area contributed by atoms with Gasteiger partial charge in [-0.3, -0.25) is 9.59 Å². The lowest BCUT2D eigenvalue weighted by atomic mass is 10.1. The van der Waals surface area contributed by atoms with Gasteiger partial charge in [-0.15, -0.1) is 0 Å². The van der Waals surface area contributed by atoms with Crippen molar-refractivity contribution >= 4 is 22.7 Å². The highest BCUT2D eigenvalue weighted by Gasteiger charge is 2.04. The fraction of sp³-hybridized carbons (Fsp3) is 0.333. The predicted molar refractivity (Wildman–Crippen MR) is 62.9 cm³/mol. The Balaban J connectivity index is 2.26. The average molecular weight is 222 g/mol. The van der Waals surface area contributed by atoms with E-state index in [0.29, 0.717) is 12.2 Å². The van der Waals surface area contributed by atoms with Gasteiger partial charge in [-0.2, -0.15) is 0 Å². The van der Waals surface area contributed by atoms with E-state index in [4.69, 9.17) is 0 Å². The summed E-state index contributed by atoms with van der Waals surface area (Å²) in [4.78, 5) is 22.0. The Kier molecular flexibility index (Phi) is 5.12. The molecule has 1 aromatic rings. The zero-order chi connectivity index (χ0) is 11.1. The third-order valence-electron chi connectivity index (χ3n) is 1.97. The topological polar surface area (TPSA) is 34.1 Å².